The molecule has 1 heterocycles. The van der Waals surface area contributed by atoms with Crippen LogP contribution in [0.15, 0.2) is 36.5 Å². The molecular formula is C18H25N3O3. The van der Waals surface area contributed by atoms with Crippen molar-refractivity contribution in [3.05, 3.63) is 42.2 Å². The van der Waals surface area contributed by atoms with Crippen molar-refractivity contribution in [2.75, 3.05) is 13.2 Å². The van der Waals surface area contributed by atoms with Gasteiger partial charge in [0, 0.05) is 6.54 Å². The van der Waals surface area contributed by atoms with E-state index in [1.54, 1.807) is 10.9 Å². The van der Waals surface area contributed by atoms with E-state index in [0.717, 1.165) is 12.1 Å². The molecule has 1 unspecified atom stereocenters. The van der Waals surface area contributed by atoms with E-state index in [1.165, 1.54) is 0 Å². The van der Waals surface area contributed by atoms with Gasteiger partial charge in [-0.05, 0) is 24.5 Å². The standard InChI is InChI=1S/C18H25N3O3/c1-4-10-24-16-12-21(14-8-6-5-7-9-14)20-17(16)18(23)19-11-15(22)13(2)3/h5-9,12-13,15,22H,4,10-11H2,1-3H3,(H,19,23). The van der Waals surface area contributed by atoms with Gasteiger partial charge in [0.2, 0.25) is 0 Å². The first-order valence-corrected chi connectivity index (χ1v) is 8.27. The predicted molar refractivity (Wildman–Crippen MR) is 92.5 cm³/mol. The highest BCUT2D eigenvalue weighted by Gasteiger charge is 2.20. The molecule has 0 radical (unpaired) electrons. The predicted octanol–water partition coefficient (Wildman–Crippen LogP) is 2.41. The molecule has 1 amide bonds. The van der Waals surface area contributed by atoms with Crippen LogP contribution in [0.4, 0.5) is 0 Å². The Labute approximate surface area is 142 Å². The Balaban J connectivity index is 2.20. The van der Waals surface area contributed by atoms with Crippen LogP contribution < -0.4 is 10.1 Å². The Morgan fingerprint density at radius 2 is 2.04 bits per heavy atom. The lowest BCUT2D eigenvalue weighted by atomic mass is 10.1. The lowest BCUT2D eigenvalue weighted by molar-refractivity contribution is 0.0863. The second-order valence-electron chi connectivity index (χ2n) is 5.99. The van der Waals surface area contributed by atoms with Crippen molar-refractivity contribution in [3.8, 4) is 11.4 Å². The number of aliphatic hydroxyl groups is 1. The largest absolute Gasteiger partial charge is 0.489 e. The third-order valence-corrected chi connectivity index (χ3v) is 3.62. The van der Waals surface area contributed by atoms with Crippen molar-refractivity contribution in [2.45, 2.75) is 33.3 Å². The van der Waals surface area contributed by atoms with Gasteiger partial charge in [-0.15, -0.1) is 0 Å². The van der Waals surface area contributed by atoms with Gasteiger partial charge >= 0.3 is 0 Å². The molecule has 2 rings (SSSR count). The van der Waals surface area contributed by atoms with Crippen LogP contribution in [-0.4, -0.2) is 40.0 Å². The van der Waals surface area contributed by atoms with Crippen LogP contribution in [0, 0.1) is 5.92 Å². The molecule has 1 aromatic heterocycles. The van der Waals surface area contributed by atoms with Gasteiger partial charge < -0.3 is 15.2 Å². The van der Waals surface area contributed by atoms with Crippen molar-refractivity contribution in [1.82, 2.24) is 15.1 Å². The Kier molecular flexibility index (Phi) is 6.37. The van der Waals surface area contributed by atoms with Gasteiger partial charge in [0.1, 0.15) is 0 Å². The van der Waals surface area contributed by atoms with Crippen molar-refractivity contribution >= 4 is 5.91 Å². The molecule has 2 N–H and O–H groups in total. The van der Waals surface area contributed by atoms with Gasteiger partial charge in [0.05, 0.1) is 24.6 Å². The number of aromatic nitrogens is 2. The summed E-state index contributed by atoms with van der Waals surface area (Å²) in [6.07, 6.45) is 1.95. The van der Waals surface area contributed by atoms with E-state index < -0.39 is 6.10 Å². The number of para-hydroxylation sites is 1. The summed E-state index contributed by atoms with van der Waals surface area (Å²) in [5, 5.41) is 16.9. The highest BCUT2D eigenvalue weighted by atomic mass is 16.5. The number of carbonyl (C=O) groups excluding carboxylic acids is 1. The molecule has 1 atom stereocenters. The summed E-state index contributed by atoms with van der Waals surface area (Å²) in [5.41, 5.74) is 1.07. The summed E-state index contributed by atoms with van der Waals surface area (Å²) in [7, 11) is 0. The number of benzene rings is 1. The van der Waals surface area contributed by atoms with Crippen LogP contribution in [-0.2, 0) is 0 Å². The molecule has 0 saturated heterocycles. The van der Waals surface area contributed by atoms with Gasteiger partial charge in [0.25, 0.3) is 5.91 Å². The van der Waals surface area contributed by atoms with E-state index in [1.807, 2.05) is 51.1 Å². The quantitative estimate of drug-likeness (QED) is 0.779. The molecule has 0 aliphatic heterocycles. The third kappa shape index (κ3) is 4.58. The molecule has 0 spiro atoms. The first-order chi connectivity index (χ1) is 11.5. The molecule has 0 aliphatic carbocycles. The number of ether oxygens (including phenoxy) is 1. The molecule has 130 valence electrons. The Bertz CT molecular complexity index is 653. The second-order valence-corrected chi connectivity index (χ2v) is 5.99. The lowest BCUT2D eigenvalue weighted by Crippen LogP contribution is -2.35. The Hall–Kier alpha value is -2.34. The minimum absolute atomic E-state index is 0.0722. The lowest BCUT2D eigenvalue weighted by Gasteiger charge is -2.14. The molecule has 2 aromatic rings. The molecule has 6 nitrogen and oxygen atoms in total. The second kappa shape index (κ2) is 8.49. The number of carbonyl (C=O) groups is 1. The molecule has 1 aromatic carbocycles. The fraction of sp³-hybridized carbons (Fsp3) is 0.444. The van der Waals surface area contributed by atoms with E-state index in [4.69, 9.17) is 4.74 Å². The van der Waals surface area contributed by atoms with E-state index in [-0.39, 0.29) is 24.1 Å². The smallest absolute Gasteiger partial charge is 0.275 e. The van der Waals surface area contributed by atoms with E-state index >= 15 is 0 Å². The zero-order chi connectivity index (χ0) is 17.5. The normalized spacial score (nSPS) is 12.2. The average Bonchev–Trinajstić information content (AvgIpc) is 3.02. The number of nitrogens with one attached hydrogen (secondary N) is 1. The zero-order valence-corrected chi connectivity index (χ0v) is 14.4. The Morgan fingerprint density at radius 3 is 2.67 bits per heavy atom. The topological polar surface area (TPSA) is 76.4 Å². The van der Waals surface area contributed by atoms with Gasteiger partial charge in [-0.2, -0.15) is 5.10 Å². The van der Waals surface area contributed by atoms with Gasteiger partial charge in [0.15, 0.2) is 11.4 Å². The highest BCUT2D eigenvalue weighted by Crippen LogP contribution is 2.20. The fourth-order valence-electron chi connectivity index (χ4n) is 2.06. The minimum Gasteiger partial charge on any atom is -0.489 e. The zero-order valence-electron chi connectivity index (χ0n) is 14.4. The first kappa shape index (κ1) is 18.0. The van der Waals surface area contributed by atoms with Gasteiger partial charge in [-0.25, -0.2) is 4.68 Å². The number of aliphatic hydroxyl groups excluding tert-OH is 1. The molecule has 6 heteroatoms. The van der Waals surface area contributed by atoms with Gasteiger partial charge in [-0.3, -0.25) is 4.79 Å². The summed E-state index contributed by atoms with van der Waals surface area (Å²) < 4.78 is 7.28. The average molecular weight is 331 g/mol. The maximum Gasteiger partial charge on any atom is 0.275 e. The monoisotopic (exact) mass is 331 g/mol. The van der Waals surface area contributed by atoms with Crippen LogP contribution in [0.25, 0.3) is 5.69 Å². The SMILES string of the molecule is CCCOc1cn(-c2ccccc2)nc1C(=O)NCC(O)C(C)C. The van der Waals surface area contributed by atoms with Crippen molar-refractivity contribution in [2.24, 2.45) is 5.92 Å². The van der Waals surface area contributed by atoms with Gasteiger partial charge in [-0.1, -0.05) is 39.0 Å². The number of hydrogen-bond donors (Lipinski definition) is 2. The summed E-state index contributed by atoms with van der Waals surface area (Å²) in [4.78, 5) is 12.4. The number of hydrogen-bond acceptors (Lipinski definition) is 4. The number of nitrogens with zero attached hydrogens (tertiary/aromatic N) is 2. The van der Waals surface area contributed by atoms with Crippen LogP contribution >= 0.6 is 0 Å². The molecule has 0 fully saturated rings. The van der Waals surface area contributed by atoms with E-state index in [9.17, 15) is 9.90 Å². The molecule has 0 saturated carbocycles. The number of amides is 1. The highest BCUT2D eigenvalue weighted by molar-refractivity contribution is 5.95. The van der Waals surface area contributed by atoms with E-state index in [0.29, 0.717) is 12.4 Å². The van der Waals surface area contributed by atoms with Crippen LogP contribution in [0.5, 0.6) is 5.75 Å². The summed E-state index contributed by atoms with van der Waals surface area (Å²) in [6.45, 7) is 6.49. The maximum atomic E-state index is 12.4. The van der Waals surface area contributed by atoms with Crippen LogP contribution in [0.3, 0.4) is 0 Å². The minimum atomic E-state index is -0.592. The molecule has 24 heavy (non-hydrogen) atoms. The van der Waals surface area contributed by atoms with Crippen LogP contribution in [0.2, 0.25) is 0 Å². The van der Waals surface area contributed by atoms with Crippen molar-refractivity contribution < 1.29 is 14.6 Å². The van der Waals surface area contributed by atoms with E-state index in [2.05, 4.69) is 10.4 Å². The van der Waals surface area contributed by atoms with Crippen LogP contribution in [0.1, 0.15) is 37.7 Å². The maximum absolute atomic E-state index is 12.4. The first-order valence-electron chi connectivity index (χ1n) is 8.27. The number of rotatable bonds is 8. The Morgan fingerprint density at radius 1 is 1.33 bits per heavy atom. The third-order valence-electron chi connectivity index (χ3n) is 3.62. The van der Waals surface area contributed by atoms with Crippen molar-refractivity contribution in [3.63, 3.8) is 0 Å². The fourth-order valence-corrected chi connectivity index (χ4v) is 2.06. The molecular weight excluding hydrogens is 306 g/mol. The summed E-state index contributed by atoms with van der Waals surface area (Å²) in [5.74, 6) is 0.163. The summed E-state index contributed by atoms with van der Waals surface area (Å²) in [6, 6.07) is 9.54. The molecule has 0 aliphatic rings. The molecule has 0 bridgehead atoms. The van der Waals surface area contributed by atoms with Crippen molar-refractivity contribution in [1.29, 1.82) is 0 Å². The summed E-state index contributed by atoms with van der Waals surface area (Å²) >= 11 is 0.